The van der Waals surface area contributed by atoms with Crippen molar-refractivity contribution in [2.24, 2.45) is 0 Å². The topological polar surface area (TPSA) is 74.6 Å². The van der Waals surface area contributed by atoms with Crippen LogP contribution in [0.15, 0.2) is 24.3 Å². The Morgan fingerprint density at radius 2 is 1.83 bits per heavy atom. The summed E-state index contributed by atoms with van der Waals surface area (Å²) in [5.74, 6) is -0.914. The van der Waals surface area contributed by atoms with E-state index in [2.05, 4.69) is 0 Å². The van der Waals surface area contributed by atoms with Crippen molar-refractivity contribution in [3.8, 4) is 0 Å². The molecule has 0 bridgehead atoms. The minimum atomic E-state index is -0.914. The second-order valence-corrected chi connectivity index (χ2v) is 1.33. The molecular formula is C7H12CaO4. The van der Waals surface area contributed by atoms with E-state index in [1.807, 2.05) is 6.92 Å². The van der Waals surface area contributed by atoms with Crippen LogP contribution in [0.3, 0.4) is 0 Å². The summed E-state index contributed by atoms with van der Waals surface area (Å²) in [6.07, 6.45) is 5.98. The van der Waals surface area contributed by atoms with E-state index in [1.165, 1.54) is 6.08 Å². The van der Waals surface area contributed by atoms with E-state index in [4.69, 9.17) is 15.0 Å². The van der Waals surface area contributed by atoms with E-state index in [-0.39, 0.29) is 47.1 Å². The standard InChI is InChI=1S/C6H8O2.CH2O2.Ca.2H/c1-2-3-4-5-6(7)8;2-1-3;;;/h2-5H,1H3,(H,7,8);1H,(H,2,3);;;/q;;+2;2*-1/b3-2+,5-4+;;;;. The molecule has 0 saturated carbocycles. The third kappa shape index (κ3) is 33.3. The molecule has 12 heavy (non-hydrogen) atoms. The summed E-state index contributed by atoms with van der Waals surface area (Å²) in [5, 5.41) is 14.9. The Balaban J connectivity index is -0.0000000405. The molecule has 0 amide bonds. The number of hydrogen-bond acceptors (Lipinski definition) is 2. The number of hydrogen-bond donors (Lipinski definition) is 2. The van der Waals surface area contributed by atoms with Gasteiger partial charge in [0, 0.05) is 6.08 Å². The summed E-state index contributed by atoms with van der Waals surface area (Å²) >= 11 is 0. The van der Waals surface area contributed by atoms with E-state index >= 15 is 0 Å². The largest absolute Gasteiger partial charge is 2.00 e. The van der Waals surface area contributed by atoms with E-state index in [0.717, 1.165) is 6.08 Å². The van der Waals surface area contributed by atoms with Crippen molar-refractivity contribution in [3.05, 3.63) is 24.3 Å². The van der Waals surface area contributed by atoms with Gasteiger partial charge in [-0.15, -0.1) is 0 Å². The smallest absolute Gasteiger partial charge is 1.00 e. The van der Waals surface area contributed by atoms with Gasteiger partial charge in [0.2, 0.25) is 0 Å². The van der Waals surface area contributed by atoms with Gasteiger partial charge in [0.15, 0.2) is 0 Å². The maximum absolute atomic E-state index is 9.75. The number of carboxylic acid groups (broad SMARTS) is 2. The fraction of sp³-hybridized carbons (Fsp3) is 0.143. The monoisotopic (exact) mass is 200 g/mol. The first-order valence-corrected chi connectivity index (χ1v) is 2.79. The van der Waals surface area contributed by atoms with Gasteiger partial charge in [-0.05, 0) is 6.92 Å². The van der Waals surface area contributed by atoms with E-state index in [1.54, 1.807) is 12.2 Å². The Morgan fingerprint density at radius 1 is 1.42 bits per heavy atom. The fourth-order valence-electron chi connectivity index (χ4n) is 0.249. The predicted molar refractivity (Wildman–Crippen MR) is 48.3 cm³/mol. The van der Waals surface area contributed by atoms with E-state index in [9.17, 15) is 4.79 Å². The van der Waals surface area contributed by atoms with Crippen LogP contribution in [-0.2, 0) is 9.59 Å². The van der Waals surface area contributed by atoms with Gasteiger partial charge in [0.05, 0.1) is 0 Å². The molecule has 5 heteroatoms. The van der Waals surface area contributed by atoms with Crippen molar-refractivity contribution < 1.29 is 22.7 Å². The van der Waals surface area contributed by atoms with Gasteiger partial charge in [-0.1, -0.05) is 18.2 Å². The molecular weight excluding hydrogens is 188 g/mol. The van der Waals surface area contributed by atoms with Crippen LogP contribution in [0.4, 0.5) is 0 Å². The van der Waals surface area contributed by atoms with Crippen LogP contribution in [-0.4, -0.2) is 60.4 Å². The zero-order chi connectivity index (χ0) is 9.11. The first-order valence-electron chi connectivity index (χ1n) is 2.79. The molecule has 0 fully saturated rings. The maximum Gasteiger partial charge on any atom is 2.00 e. The second-order valence-electron chi connectivity index (χ2n) is 1.33. The second kappa shape index (κ2) is 17.0. The van der Waals surface area contributed by atoms with Crippen LogP contribution < -0.4 is 0 Å². The first-order chi connectivity index (χ1) is 5.18. The summed E-state index contributed by atoms with van der Waals surface area (Å²) < 4.78 is 0. The third-order valence-corrected chi connectivity index (χ3v) is 0.542. The minimum absolute atomic E-state index is 0. The Labute approximate surface area is 104 Å². The molecule has 0 unspecified atom stereocenters. The third-order valence-electron chi connectivity index (χ3n) is 0.542. The molecule has 0 aromatic rings. The van der Waals surface area contributed by atoms with Gasteiger partial charge in [0.1, 0.15) is 0 Å². The quantitative estimate of drug-likeness (QED) is 0.298. The van der Waals surface area contributed by atoms with Crippen molar-refractivity contribution in [1.29, 1.82) is 0 Å². The van der Waals surface area contributed by atoms with Gasteiger partial charge in [-0.25, -0.2) is 4.79 Å². The molecule has 0 spiro atoms. The van der Waals surface area contributed by atoms with Crippen molar-refractivity contribution in [1.82, 2.24) is 0 Å². The molecule has 0 aromatic carbocycles. The Kier molecular flexibility index (Phi) is 25.0. The number of carbonyl (C=O) groups is 2. The van der Waals surface area contributed by atoms with Gasteiger partial charge in [0.25, 0.3) is 6.47 Å². The molecule has 0 rings (SSSR count). The van der Waals surface area contributed by atoms with Crippen LogP contribution in [0.25, 0.3) is 0 Å². The van der Waals surface area contributed by atoms with Gasteiger partial charge < -0.3 is 13.1 Å². The average molecular weight is 200 g/mol. The molecule has 0 aliphatic heterocycles. The van der Waals surface area contributed by atoms with Gasteiger partial charge in [-0.3, -0.25) is 4.79 Å². The van der Waals surface area contributed by atoms with Gasteiger partial charge >= 0.3 is 43.7 Å². The average Bonchev–Trinajstić information content (AvgIpc) is 1.89. The summed E-state index contributed by atoms with van der Waals surface area (Å²) in [6, 6.07) is 0. The first kappa shape index (κ1) is 17.7. The predicted octanol–water partition coefficient (Wildman–Crippen LogP) is 0.748. The van der Waals surface area contributed by atoms with E-state index in [0.29, 0.717) is 0 Å². The minimum Gasteiger partial charge on any atom is -1.00 e. The van der Waals surface area contributed by atoms with Crippen LogP contribution in [0, 0.1) is 0 Å². The summed E-state index contributed by atoms with van der Waals surface area (Å²) in [7, 11) is 0. The number of allylic oxidation sites excluding steroid dienone is 3. The number of carboxylic acids is 1. The molecule has 0 atom stereocenters. The Hall–Kier alpha value is -0.320. The number of aliphatic carboxylic acids is 1. The van der Waals surface area contributed by atoms with Crippen LogP contribution in [0.5, 0.6) is 0 Å². The SMILES string of the molecule is C/C=C/C=C/C(=O)O.O=CO.[Ca+2].[H-].[H-]. The maximum atomic E-state index is 9.75. The molecule has 0 aliphatic carbocycles. The van der Waals surface area contributed by atoms with Crippen LogP contribution in [0.1, 0.15) is 9.78 Å². The Morgan fingerprint density at radius 3 is 2.08 bits per heavy atom. The van der Waals surface area contributed by atoms with Crippen LogP contribution >= 0.6 is 0 Å². The molecule has 0 heterocycles. The molecule has 0 radical (unpaired) electrons. The summed E-state index contributed by atoms with van der Waals surface area (Å²) in [5.41, 5.74) is 0. The molecule has 0 aromatic heterocycles. The fourth-order valence-corrected chi connectivity index (χ4v) is 0.249. The van der Waals surface area contributed by atoms with E-state index < -0.39 is 5.97 Å². The van der Waals surface area contributed by atoms with Crippen LogP contribution in [0.2, 0.25) is 0 Å². The van der Waals surface area contributed by atoms with Crippen molar-refractivity contribution in [2.45, 2.75) is 6.92 Å². The summed E-state index contributed by atoms with van der Waals surface area (Å²) in [4.78, 5) is 18.1. The molecule has 2 N–H and O–H groups in total. The Bertz CT molecular complexity index is 171. The normalized spacial score (nSPS) is 8.42. The molecule has 0 saturated heterocycles. The zero-order valence-electron chi connectivity index (χ0n) is 8.80. The van der Waals surface area contributed by atoms with Crippen molar-refractivity contribution >= 4 is 50.2 Å². The zero-order valence-corrected chi connectivity index (χ0v) is 9.01. The summed E-state index contributed by atoms with van der Waals surface area (Å²) in [6.45, 7) is 1.58. The number of rotatable bonds is 2. The van der Waals surface area contributed by atoms with Crippen molar-refractivity contribution in [2.75, 3.05) is 0 Å². The molecule has 4 nitrogen and oxygen atoms in total. The van der Waals surface area contributed by atoms with Crippen molar-refractivity contribution in [3.63, 3.8) is 0 Å². The molecule has 66 valence electrons. The molecule has 0 aliphatic rings. The van der Waals surface area contributed by atoms with Gasteiger partial charge in [-0.2, -0.15) is 0 Å².